The van der Waals surface area contributed by atoms with Crippen LogP contribution in [0.5, 0.6) is 0 Å². The monoisotopic (exact) mass is 178 g/mol. The van der Waals surface area contributed by atoms with E-state index in [0.29, 0.717) is 0 Å². The molecule has 0 heterocycles. The zero-order chi connectivity index (χ0) is 7.44. The Morgan fingerprint density at radius 1 is 1.50 bits per heavy atom. The number of aliphatic carboxylic acids is 2. The molecule has 0 amide bonds. The third-order valence-electron chi connectivity index (χ3n) is 0.653. The summed E-state index contributed by atoms with van der Waals surface area (Å²) in [5.41, 5.74) is 0. The van der Waals surface area contributed by atoms with E-state index in [1.54, 1.807) is 0 Å². The molecule has 0 aromatic carbocycles. The smallest absolute Gasteiger partial charge is 1.00 e. The Balaban J connectivity index is -0.0000000320. The van der Waals surface area contributed by atoms with Gasteiger partial charge in [0.05, 0.1) is 6.42 Å². The van der Waals surface area contributed by atoms with E-state index < -0.39 is 24.5 Å². The van der Waals surface area contributed by atoms with Crippen molar-refractivity contribution in [1.82, 2.24) is 0 Å². The fraction of sp³-hybridized carbons (Fsp3) is 0.500. The Bertz CT molecular complexity index is 146. The third kappa shape index (κ3) is 6.28. The first-order chi connectivity index (χ1) is 4.04. The van der Waals surface area contributed by atoms with Gasteiger partial charge in [-0.3, -0.25) is 4.79 Å². The molecule has 0 fully saturated rings. The first-order valence-electron chi connectivity index (χ1n) is 2.16. The van der Waals surface area contributed by atoms with Crippen molar-refractivity contribution in [3.63, 3.8) is 0 Å². The van der Waals surface area contributed by atoms with E-state index in [2.05, 4.69) is 0 Å². The predicted molar refractivity (Wildman–Crippen MR) is 36.1 cm³/mol. The molecular formula is C4H10CaO5+2. The molecule has 10 heavy (non-hydrogen) atoms. The maximum absolute atomic E-state index is 9.72. The van der Waals surface area contributed by atoms with E-state index in [1.807, 2.05) is 0 Å². The molecule has 1 atom stereocenters. The largest absolute Gasteiger partial charge is 2.00 e. The van der Waals surface area contributed by atoms with Crippen LogP contribution in [0.4, 0.5) is 0 Å². The minimum atomic E-state index is -1.79. The van der Waals surface area contributed by atoms with Crippen LogP contribution < -0.4 is 0 Å². The van der Waals surface area contributed by atoms with Gasteiger partial charge in [-0.1, -0.05) is 0 Å². The van der Waals surface area contributed by atoms with Crippen LogP contribution in [0.3, 0.4) is 0 Å². The molecule has 0 saturated carbocycles. The fourth-order valence-electron chi connectivity index (χ4n) is 0.253. The van der Waals surface area contributed by atoms with Gasteiger partial charge >= 0.3 is 52.5 Å². The quantitative estimate of drug-likeness (QED) is 0.481. The Morgan fingerprint density at radius 2 is 1.90 bits per heavy atom. The van der Waals surface area contributed by atoms with Gasteiger partial charge < -0.3 is 18.2 Å². The molecular weight excluding hydrogens is 168 g/mol. The summed E-state index contributed by atoms with van der Waals surface area (Å²) < 4.78 is 0. The summed E-state index contributed by atoms with van der Waals surface area (Å²) in [6.45, 7) is 0. The number of hydrogen-bond donors (Lipinski definition) is 3. The van der Waals surface area contributed by atoms with Crippen molar-refractivity contribution in [1.29, 1.82) is 0 Å². The number of rotatable bonds is 3. The molecule has 0 aromatic rings. The Morgan fingerprint density at radius 3 is 2.00 bits per heavy atom. The molecule has 0 spiro atoms. The van der Waals surface area contributed by atoms with E-state index in [1.165, 1.54) is 0 Å². The molecule has 0 bridgehead atoms. The van der Waals surface area contributed by atoms with E-state index >= 15 is 0 Å². The molecule has 0 radical (unpaired) electrons. The Kier molecular flexibility index (Phi) is 7.56. The second-order valence-electron chi connectivity index (χ2n) is 1.45. The summed E-state index contributed by atoms with van der Waals surface area (Å²) >= 11 is 0. The second-order valence-corrected chi connectivity index (χ2v) is 1.45. The molecule has 6 heteroatoms. The van der Waals surface area contributed by atoms with Crippen LogP contribution in [0, 0.1) is 0 Å². The van der Waals surface area contributed by atoms with Crippen molar-refractivity contribution in [3.05, 3.63) is 0 Å². The van der Waals surface area contributed by atoms with Crippen LogP contribution in [0.2, 0.25) is 0 Å². The molecule has 3 N–H and O–H groups in total. The molecule has 0 saturated heterocycles. The number of aliphatic hydroxyl groups excluding tert-OH is 1. The molecule has 0 aromatic heterocycles. The van der Waals surface area contributed by atoms with Gasteiger partial charge in [0.25, 0.3) is 0 Å². The molecule has 0 aliphatic rings. The summed E-state index contributed by atoms with van der Waals surface area (Å²) in [5, 5.41) is 24.1. The molecule has 1 unspecified atom stereocenters. The van der Waals surface area contributed by atoms with Crippen LogP contribution in [-0.2, 0) is 9.59 Å². The average Bonchev–Trinajstić information content (AvgIpc) is 1.63. The molecule has 0 aliphatic heterocycles. The predicted octanol–water partition coefficient (Wildman–Crippen LogP) is -1.02. The minimum Gasteiger partial charge on any atom is -1.00 e. The maximum atomic E-state index is 9.72. The molecule has 56 valence electrons. The topological polar surface area (TPSA) is 94.8 Å². The standard InChI is InChI=1S/C4H6O5.Ca.2H/c5-2(4(8)9)1-3(6)7;;;/h2,5H,1H2,(H,6,7)(H,8,9);;;/q;+2;2*-1/p+2. The van der Waals surface area contributed by atoms with Crippen molar-refractivity contribution < 1.29 is 30.6 Å². The van der Waals surface area contributed by atoms with Gasteiger partial charge in [0.1, 0.15) is 0 Å². The summed E-state index contributed by atoms with van der Waals surface area (Å²) in [4.78, 5) is 19.4. The van der Waals surface area contributed by atoms with Gasteiger partial charge in [0, 0.05) is 0 Å². The van der Waals surface area contributed by atoms with Crippen LogP contribution in [0.1, 0.15) is 12.1 Å². The van der Waals surface area contributed by atoms with Gasteiger partial charge in [0.2, 0.25) is 0 Å². The van der Waals surface area contributed by atoms with Gasteiger partial charge in [0.15, 0.2) is 6.10 Å². The fourth-order valence-corrected chi connectivity index (χ4v) is 0.253. The number of carboxylic acids is 2. The number of hydrogen-bond acceptors (Lipinski definition) is 3. The Hall–Kier alpha value is 0.160. The van der Waals surface area contributed by atoms with Crippen molar-refractivity contribution in [2.75, 3.05) is 0 Å². The number of carboxylic acid groups (broad SMARTS) is 2. The van der Waals surface area contributed by atoms with E-state index in [4.69, 9.17) is 15.3 Å². The van der Waals surface area contributed by atoms with Crippen LogP contribution in [-0.4, -0.2) is 71.1 Å². The van der Waals surface area contributed by atoms with Gasteiger partial charge in [-0.2, -0.15) is 0 Å². The normalized spacial score (nSPS) is 11.3. The van der Waals surface area contributed by atoms with Crippen molar-refractivity contribution >= 4 is 49.7 Å². The summed E-state index contributed by atoms with van der Waals surface area (Å²) in [7, 11) is 0. The van der Waals surface area contributed by atoms with E-state index in [-0.39, 0.29) is 43.4 Å². The van der Waals surface area contributed by atoms with Crippen LogP contribution in [0.25, 0.3) is 0 Å². The molecule has 0 rings (SSSR count). The molecule has 0 aliphatic carbocycles. The zero-order valence-electron chi connectivity index (χ0n) is 9.15. The molecule has 5 nitrogen and oxygen atoms in total. The van der Waals surface area contributed by atoms with Crippen LogP contribution in [0.15, 0.2) is 0 Å². The first kappa shape index (κ1) is 12.8. The summed E-state index contributed by atoms with van der Waals surface area (Å²) in [6, 6.07) is 0. The van der Waals surface area contributed by atoms with Crippen molar-refractivity contribution in [3.8, 4) is 0 Å². The van der Waals surface area contributed by atoms with Crippen molar-refractivity contribution in [2.45, 2.75) is 12.5 Å². The van der Waals surface area contributed by atoms with Gasteiger partial charge in [-0.15, -0.1) is 0 Å². The van der Waals surface area contributed by atoms with E-state index in [9.17, 15) is 9.59 Å². The van der Waals surface area contributed by atoms with Crippen LogP contribution >= 0.6 is 0 Å². The van der Waals surface area contributed by atoms with E-state index in [0.717, 1.165) is 0 Å². The van der Waals surface area contributed by atoms with Gasteiger partial charge in [-0.25, -0.2) is 4.79 Å². The van der Waals surface area contributed by atoms with Gasteiger partial charge in [-0.05, 0) is 0 Å². The summed E-state index contributed by atoms with van der Waals surface area (Å²) in [6.07, 6.45) is -2.54. The Labute approximate surface area is 92.6 Å². The number of aliphatic hydroxyl groups is 1. The SMILES string of the molecule is O=C(O)CC(O)C(=O)O.[Ca+2].[H+].[H+].[H-].[H-]. The first-order valence-corrected chi connectivity index (χ1v) is 2.16. The second kappa shape index (κ2) is 5.91. The maximum Gasteiger partial charge on any atom is 2.00 e. The number of carbonyl (C=O) groups is 2. The average molecular weight is 178 g/mol. The minimum absolute atomic E-state index is 0. The summed E-state index contributed by atoms with van der Waals surface area (Å²) in [5.74, 6) is -2.85. The third-order valence-corrected chi connectivity index (χ3v) is 0.653. The zero-order valence-corrected chi connectivity index (χ0v) is 7.36. The van der Waals surface area contributed by atoms with Crippen molar-refractivity contribution in [2.24, 2.45) is 0 Å².